The number of aromatic nitrogens is 2. The summed E-state index contributed by atoms with van der Waals surface area (Å²) < 4.78 is 14.4. The quantitative estimate of drug-likeness (QED) is 0.327. The van der Waals surface area contributed by atoms with Crippen LogP contribution in [-0.2, 0) is 11.3 Å². The molecule has 0 saturated heterocycles. The average molecular weight is 478 g/mol. The van der Waals surface area contributed by atoms with E-state index in [0.29, 0.717) is 22.0 Å². The monoisotopic (exact) mass is 477 g/mol. The SMILES string of the molecule is Cc1cnc2ccc(C3CCCC(C(=O)NCc4cc5c(Cl)c[nH]c5cc4F)CCC3)cc2c1. The van der Waals surface area contributed by atoms with Crippen LogP contribution in [0.15, 0.2) is 48.8 Å². The zero-order chi connectivity index (χ0) is 23.7. The molecule has 0 spiro atoms. The number of nitrogens with zero attached hydrogens (tertiary/aromatic N) is 1. The molecule has 0 radical (unpaired) electrons. The second-order valence-electron chi connectivity index (χ2n) is 9.56. The molecule has 4 aromatic rings. The average Bonchev–Trinajstić information content (AvgIpc) is 3.16. The summed E-state index contributed by atoms with van der Waals surface area (Å²) in [5.41, 5.74) is 4.69. The van der Waals surface area contributed by atoms with Crippen LogP contribution in [0.1, 0.15) is 61.1 Å². The molecule has 4 nitrogen and oxygen atoms in total. The lowest BCUT2D eigenvalue weighted by Gasteiger charge is -2.25. The molecule has 0 bridgehead atoms. The van der Waals surface area contributed by atoms with E-state index in [4.69, 9.17) is 11.6 Å². The number of carbonyl (C=O) groups excluding carboxylic acids is 1. The van der Waals surface area contributed by atoms with Crippen LogP contribution in [0.25, 0.3) is 21.8 Å². The molecule has 2 heterocycles. The van der Waals surface area contributed by atoms with E-state index >= 15 is 0 Å². The number of benzene rings is 2. The summed E-state index contributed by atoms with van der Waals surface area (Å²) in [5.74, 6) is 0.172. The van der Waals surface area contributed by atoms with Gasteiger partial charge in [0, 0.05) is 46.7 Å². The van der Waals surface area contributed by atoms with E-state index in [-0.39, 0.29) is 24.2 Å². The third kappa shape index (κ3) is 4.80. The summed E-state index contributed by atoms with van der Waals surface area (Å²) >= 11 is 6.16. The van der Waals surface area contributed by atoms with E-state index in [1.807, 2.05) is 6.20 Å². The Kier molecular flexibility index (Phi) is 6.55. The fraction of sp³-hybridized carbons (Fsp3) is 0.357. The molecule has 176 valence electrons. The van der Waals surface area contributed by atoms with Crippen LogP contribution in [0, 0.1) is 18.7 Å². The molecule has 0 atom stereocenters. The largest absolute Gasteiger partial charge is 0.360 e. The summed E-state index contributed by atoms with van der Waals surface area (Å²) in [6.45, 7) is 2.24. The topological polar surface area (TPSA) is 57.8 Å². The van der Waals surface area contributed by atoms with Crippen molar-refractivity contribution in [2.75, 3.05) is 0 Å². The Bertz CT molecular complexity index is 1340. The smallest absolute Gasteiger partial charge is 0.223 e. The number of nitrogens with one attached hydrogen (secondary N) is 2. The molecule has 6 heteroatoms. The predicted octanol–water partition coefficient (Wildman–Crippen LogP) is 7.19. The highest BCUT2D eigenvalue weighted by Crippen LogP contribution is 2.34. The Labute approximate surface area is 203 Å². The van der Waals surface area contributed by atoms with Crippen molar-refractivity contribution in [2.24, 2.45) is 5.92 Å². The Morgan fingerprint density at radius 2 is 1.94 bits per heavy atom. The van der Waals surface area contributed by atoms with Gasteiger partial charge in [-0.25, -0.2) is 4.39 Å². The number of fused-ring (bicyclic) bond motifs is 2. The third-order valence-corrected chi connectivity index (χ3v) is 7.46. The number of carbonyl (C=O) groups is 1. The first-order chi connectivity index (χ1) is 16.5. The van der Waals surface area contributed by atoms with Crippen LogP contribution >= 0.6 is 11.6 Å². The van der Waals surface area contributed by atoms with Gasteiger partial charge in [0.1, 0.15) is 5.82 Å². The van der Waals surface area contributed by atoms with Crippen molar-refractivity contribution in [2.45, 2.75) is 57.9 Å². The summed E-state index contributed by atoms with van der Waals surface area (Å²) in [5, 5.41) is 5.48. The van der Waals surface area contributed by atoms with Crippen molar-refractivity contribution in [3.63, 3.8) is 0 Å². The molecule has 1 aliphatic rings. The molecule has 0 unspecified atom stereocenters. The van der Waals surface area contributed by atoms with E-state index in [0.717, 1.165) is 49.4 Å². The van der Waals surface area contributed by atoms with Crippen molar-refractivity contribution < 1.29 is 9.18 Å². The highest BCUT2D eigenvalue weighted by molar-refractivity contribution is 6.35. The molecule has 2 aromatic heterocycles. The Morgan fingerprint density at radius 1 is 1.15 bits per heavy atom. The molecule has 1 aliphatic carbocycles. The molecular weight excluding hydrogens is 449 g/mol. The van der Waals surface area contributed by atoms with Crippen molar-refractivity contribution in [1.29, 1.82) is 0 Å². The number of hydrogen-bond acceptors (Lipinski definition) is 2. The molecule has 2 N–H and O–H groups in total. The number of halogens is 2. The molecule has 2 aromatic carbocycles. The van der Waals surface area contributed by atoms with Gasteiger partial charge < -0.3 is 10.3 Å². The number of H-pyrrole nitrogens is 1. The predicted molar refractivity (Wildman–Crippen MR) is 136 cm³/mol. The van der Waals surface area contributed by atoms with E-state index in [1.54, 1.807) is 12.3 Å². The lowest BCUT2D eigenvalue weighted by Crippen LogP contribution is -2.31. The van der Waals surface area contributed by atoms with E-state index in [9.17, 15) is 9.18 Å². The van der Waals surface area contributed by atoms with Crippen LogP contribution in [0.3, 0.4) is 0 Å². The first-order valence-corrected chi connectivity index (χ1v) is 12.4. The Balaban J connectivity index is 1.19. The second-order valence-corrected chi connectivity index (χ2v) is 9.97. The standard InChI is InChI=1S/C28H29ClFN3O/c1-17-10-21-11-20(8-9-26(21)31-14-17)18-4-2-6-19(7-3-5-18)28(34)33-15-22-12-23-24(29)16-32-27(23)13-25(22)30/h8-14,16,18-19,32H,2-7,15H2,1H3,(H,33,34). The highest BCUT2D eigenvalue weighted by Gasteiger charge is 2.23. The van der Waals surface area contributed by atoms with Gasteiger partial charge in [-0.05, 0) is 80.0 Å². The maximum atomic E-state index is 14.4. The van der Waals surface area contributed by atoms with E-state index in [1.165, 1.54) is 22.6 Å². The maximum Gasteiger partial charge on any atom is 0.223 e. The van der Waals surface area contributed by atoms with Crippen molar-refractivity contribution in [3.8, 4) is 0 Å². The minimum atomic E-state index is -0.340. The number of hydrogen-bond donors (Lipinski definition) is 2. The summed E-state index contributed by atoms with van der Waals surface area (Å²) in [6.07, 6.45) is 9.44. The lowest BCUT2D eigenvalue weighted by molar-refractivity contribution is -0.125. The Hall–Kier alpha value is -2.92. The molecule has 1 fully saturated rings. The van der Waals surface area contributed by atoms with Gasteiger partial charge in [0.25, 0.3) is 0 Å². The first-order valence-electron chi connectivity index (χ1n) is 12.1. The molecular formula is C28H29ClFN3O. The summed E-state index contributed by atoms with van der Waals surface area (Å²) in [4.78, 5) is 20.3. The van der Waals surface area contributed by atoms with Gasteiger partial charge in [-0.1, -0.05) is 30.5 Å². The normalized spacial score (nSPS) is 19.1. The highest BCUT2D eigenvalue weighted by atomic mass is 35.5. The molecule has 1 amide bonds. The van der Waals surface area contributed by atoms with E-state index < -0.39 is 0 Å². The summed E-state index contributed by atoms with van der Waals surface area (Å²) in [7, 11) is 0. The molecule has 34 heavy (non-hydrogen) atoms. The van der Waals surface area contributed by atoms with E-state index in [2.05, 4.69) is 46.5 Å². The van der Waals surface area contributed by atoms with Crippen LogP contribution < -0.4 is 5.32 Å². The van der Waals surface area contributed by atoms with Gasteiger partial charge in [-0.3, -0.25) is 9.78 Å². The third-order valence-electron chi connectivity index (χ3n) is 7.15. The van der Waals surface area contributed by atoms with Crippen molar-refractivity contribution in [3.05, 3.63) is 76.3 Å². The fourth-order valence-electron chi connectivity index (χ4n) is 5.24. The minimum absolute atomic E-state index is 0.0189. The van der Waals surface area contributed by atoms with Gasteiger partial charge in [-0.2, -0.15) is 0 Å². The molecule has 5 rings (SSSR count). The van der Waals surface area contributed by atoms with Gasteiger partial charge in [0.05, 0.1) is 10.5 Å². The van der Waals surface area contributed by atoms with Gasteiger partial charge >= 0.3 is 0 Å². The Morgan fingerprint density at radius 3 is 2.74 bits per heavy atom. The number of amides is 1. The van der Waals surface area contributed by atoms with Crippen molar-refractivity contribution in [1.82, 2.24) is 15.3 Å². The number of rotatable bonds is 4. The first kappa shape index (κ1) is 22.9. The zero-order valence-electron chi connectivity index (χ0n) is 19.3. The van der Waals surface area contributed by atoms with Crippen molar-refractivity contribution >= 4 is 39.3 Å². The van der Waals surface area contributed by atoms with Crippen LogP contribution in [0.4, 0.5) is 4.39 Å². The lowest BCUT2D eigenvalue weighted by atomic mass is 9.82. The molecule has 0 aliphatic heterocycles. The van der Waals surface area contributed by atoms with Gasteiger partial charge in [0.2, 0.25) is 5.91 Å². The second kappa shape index (κ2) is 9.75. The van der Waals surface area contributed by atoms with Crippen LogP contribution in [0.2, 0.25) is 5.02 Å². The number of aromatic amines is 1. The van der Waals surface area contributed by atoms with Gasteiger partial charge in [-0.15, -0.1) is 0 Å². The number of aryl methyl sites for hydroxylation is 1. The van der Waals surface area contributed by atoms with Gasteiger partial charge in [0.15, 0.2) is 0 Å². The maximum absolute atomic E-state index is 14.4. The minimum Gasteiger partial charge on any atom is -0.360 e. The summed E-state index contributed by atoms with van der Waals surface area (Å²) in [6, 6.07) is 12.0. The molecule has 1 saturated carbocycles. The zero-order valence-corrected chi connectivity index (χ0v) is 20.1. The van der Waals surface area contributed by atoms with Crippen LogP contribution in [-0.4, -0.2) is 15.9 Å². The fourth-order valence-corrected chi connectivity index (χ4v) is 5.45. The van der Waals surface area contributed by atoms with Crippen LogP contribution in [0.5, 0.6) is 0 Å². The number of pyridine rings is 1.